The summed E-state index contributed by atoms with van der Waals surface area (Å²) in [5.74, 6) is 0.169. The van der Waals surface area contributed by atoms with Crippen molar-refractivity contribution in [3.8, 4) is 11.5 Å². The molecule has 0 heterocycles. The van der Waals surface area contributed by atoms with Crippen LogP contribution >= 0.6 is 0 Å². The van der Waals surface area contributed by atoms with E-state index >= 15 is 0 Å². The van der Waals surface area contributed by atoms with Crippen LogP contribution < -0.4 is 19.1 Å². The van der Waals surface area contributed by atoms with Crippen LogP contribution in [-0.2, 0) is 15.4 Å². The predicted molar refractivity (Wildman–Crippen MR) is 165 cm³/mol. The summed E-state index contributed by atoms with van der Waals surface area (Å²) in [4.78, 5) is 26.1. The number of benzene rings is 4. The number of rotatable bonds is 9. The van der Waals surface area contributed by atoms with Crippen LogP contribution in [0.4, 0.5) is 11.4 Å². The van der Waals surface area contributed by atoms with Crippen molar-refractivity contribution in [2.45, 2.75) is 31.1 Å². The summed E-state index contributed by atoms with van der Waals surface area (Å²) in [6, 6.07) is 24.8. The first-order valence-corrected chi connectivity index (χ1v) is 14.7. The molecule has 218 valence electrons. The van der Waals surface area contributed by atoms with Gasteiger partial charge < -0.3 is 14.8 Å². The largest absolute Gasteiger partial charge is 0.493 e. The van der Waals surface area contributed by atoms with Crippen LogP contribution in [0.1, 0.15) is 52.6 Å². The summed E-state index contributed by atoms with van der Waals surface area (Å²) in [5, 5.41) is 2.81. The van der Waals surface area contributed by atoms with Crippen molar-refractivity contribution in [1.82, 2.24) is 0 Å². The molecule has 0 saturated carbocycles. The van der Waals surface area contributed by atoms with Crippen molar-refractivity contribution in [3.63, 3.8) is 0 Å². The van der Waals surface area contributed by atoms with Gasteiger partial charge in [-0.1, -0.05) is 57.2 Å². The second kappa shape index (κ2) is 12.1. The molecule has 4 rings (SSSR count). The first kappa shape index (κ1) is 30.3. The quantitative estimate of drug-likeness (QED) is 0.231. The van der Waals surface area contributed by atoms with Gasteiger partial charge in [-0.15, -0.1) is 0 Å². The molecule has 1 amide bonds. The Kier molecular flexibility index (Phi) is 8.72. The highest BCUT2D eigenvalue weighted by Gasteiger charge is 2.23. The number of anilines is 2. The standard InChI is InChI=1S/C33H34N2O6S/c1-33(2,3)25-14-10-22(11-15-25)31(36)24-8-7-9-26(20-24)34-32(37)23-12-16-27(17-13-23)35(4)42(38,39)28-18-19-29(40-5)30(21-28)41-6/h7-21H,1-6H3,(H,34,37). The summed E-state index contributed by atoms with van der Waals surface area (Å²) in [5.41, 5.74) is 3.29. The van der Waals surface area contributed by atoms with E-state index in [2.05, 4.69) is 26.1 Å². The van der Waals surface area contributed by atoms with Crippen LogP contribution in [0, 0.1) is 0 Å². The first-order valence-electron chi connectivity index (χ1n) is 13.2. The lowest BCUT2D eigenvalue weighted by atomic mass is 9.86. The summed E-state index contributed by atoms with van der Waals surface area (Å²) >= 11 is 0. The minimum Gasteiger partial charge on any atom is -0.493 e. The number of hydrogen-bond donors (Lipinski definition) is 1. The fourth-order valence-electron chi connectivity index (χ4n) is 4.33. The molecular weight excluding hydrogens is 552 g/mol. The highest BCUT2D eigenvalue weighted by molar-refractivity contribution is 7.92. The smallest absolute Gasteiger partial charge is 0.264 e. The molecule has 0 fully saturated rings. The highest BCUT2D eigenvalue weighted by atomic mass is 32.2. The number of amides is 1. The molecule has 1 N–H and O–H groups in total. The summed E-state index contributed by atoms with van der Waals surface area (Å²) in [6.45, 7) is 6.34. The van der Waals surface area contributed by atoms with E-state index in [1.54, 1.807) is 36.4 Å². The van der Waals surface area contributed by atoms with Gasteiger partial charge in [-0.2, -0.15) is 0 Å². The van der Waals surface area contributed by atoms with E-state index in [1.165, 1.54) is 51.6 Å². The third-order valence-corrected chi connectivity index (χ3v) is 8.68. The van der Waals surface area contributed by atoms with E-state index in [0.29, 0.717) is 39.6 Å². The molecule has 0 aliphatic carbocycles. The average molecular weight is 587 g/mol. The molecule has 4 aromatic rings. The van der Waals surface area contributed by atoms with Crippen molar-refractivity contribution in [3.05, 3.63) is 113 Å². The Morgan fingerprint density at radius 1 is 0.738 bits per heavy atom. The third-order valence-electron chi connectivity index (χ3n) is 6.90. The molecule has 42 heavy (non-hydrogen) atoms. The average Bonchev–Trinajstić information content (AvgIpc) is 2.99. The Balaban J connectivity index is 1.47. The number of nitrogens with one attached hydrogen (secondary N) is 1. The minimum atomic E-state index is -3.91. The lowest BCUT2D eigenvalue weighted by molar-refractivity contribution is 0.102. The molecule has 9 heteroatoms. The number of ketones is 1. The van der Waals surface area contributed by atoms with E-state index in [4.69, 9.17) is 9.47 Å². The van der Waals surface area contributed by atoms with E-state index in [1.807, 2.05) is 24.3 Å². The zero-order chi connectivity index (χ0) is 30.7. The Bertz CT molecular complexity index is 1710. The monoisotopic (exact) mass is 586 g/mol. The zero-order valence-corrected chi connectivity index (χ0v) is 25.3. The zero-order valence-electron chi connectivity index (χ0n) is 24.5. The van der Waals surface area contributed by atoms with Crippen molar-refractivity contribution >= 4 is 33.1 Å². The van der Waals surface area contributed by atoms with Crippen LogP contribution in [0.5, 0.6) is 11.5 Å². The van der Waals surface area contributed by atoms with Crippen LogP contribution in [0.25, 0.3) is 0 Å². The van der Waals surface area contributed by atoms with Gasteiger partial charge in [0.2, 0.25) is 0 Å². The van der Waals surface area contributed by atoms with Gasteiger partial charge in [0.25, 0.3) is 15.9 Å². The molecule has 0 aliphatic rings. The van der Waals surface area contributed by atoms with Gasteiger partial charge in [0.15, 0.2) is 17.3 Å². The number of methoxy groups -OCH3 is 2. The van der Waals surface area contributed by atoms with Crippen LogP contribution in [0.15, 0.2) is 95.9 Å². The van der Waals surface area contributed by atoms with Gasteiger partial charge in [-0.05, 0) is 59.5 Å². The molecule has 8 nitrogen and oxygen atoms in total. The van der Waals surface area contributed by atoms with E-state index in [0.717, 1.165) is 9.87 Å². The normalized spacial score (nSPS) is 11.5. The SMILES string of the molecule is COc1ccc(S(=O)(=O)N(C)c2ccc(C(=O)Nc3cccc(C(=O)c4ccc(C(C)(C)C)cc4)c3)cc2)cc1OC. The maximum atomic E-state index is 13.2. The molecule has 0 aliphatic heterocycles. The number of carbonyl (C=O) groups is 2. The lowest BCUT2D eigenvalue weighted by Gasteiger charge is -2.20. The molecule has 4 aromatic carbocycles. The van der Waals surface area contributed by atoms with Gasteiger partial charge in [-0.3, -0.25) is 13.9 Å². The number of hydrogen-bond acceptors (Lipinski definition) is 6. The van der Waals surface area contributed by atoms with E-state index in [-0.39, 0.29) is 16.1 Å². The minimum absolute atomic E-state index is 0.0155. The van der Waals surface area contributed by atoms with E-state index < -0.39 is 15.9 Å². The van der Waals surface area contributed by atoms with Gasteiger partial charge >= 0.3 is 0 Å². The van der Waals surface area contributed by atoms with Crippen molar-refractivity contribution in [1.29, 1.82) is 0 Å². The maximum Gasteiger partial charge on any atom is 0.264 e. The number of carbonyl (C=O) groups excluding carboxylic acids is 2. The lowest BCUT2D eigenvalue weighted by Crippen LogP contribution is -2.26. The number of sulfonamides is 1. The third kappa shape index (κ3) is 6.47. The summed E-state index contributed by atoms with van der Waals surface area (Å²) in [6.07, 6.45) is 0. The maximum absolute atomic E-state index is 13.2. The molecule has 0 radical (unpaired) electrons. The summed E-state index contributed by atoms with van der Waals surface area (Å²) < 4.78 is 38.0. The molecule has 0 bridgehead atoms. The van der Waals surface area contributed by atoms with Crippen LogP contribution in [0.3, 0.4) is 0 Å². The second-order valence-corrected chi connectivity index (χ2v) is 12.7. The van der Waals surface area contributed by atoms with Crippen LogP contribution in [-0.4, -0.2) is 41.4 Å². The Labute approximate surface area is 247 Å². The Morgan fingerprint density at radius 3 is 1.95 bits per heavy atom. The van der Waals surface area contributed by atoms with Crippen LogP contribution in [0.2, 0.25) is 0 Å². The molecular formula is C33H34N2O6S. The van der Waals surface area contributed by atoms with Gasteiger partial charge in [0.1, 0.15) is 0 Å². The van der Waals surface area contributed by atoms with Gasteiger partial charge in [0, 0.05) is 35.5 Å². The second-order valence-electron chi connectivity index (χ2n) is 10.7. The van der Waals surface area contributed by atoms with Crippen molar-refractivity contribution in [2.24, 2.45) is 0 Å². The predicted octanol–water partition coefficient (Wildman–Crippen LogP) is 6.31. The van der Waals surface area contributed by atoms with Crippen molar-refractivity contribution in [2.75, 3.05) is 30.9 Å². The molecule has 0 spiro atoms. The van der Waals surface area contributed by atoms with E-state index in [9.17, 15) is 18.0 Å². The first-order chi connectivity index (χ1) is 19.8. The summed E-state index contributed by atoms with van der Waals surface area (Å²) in [7, 11) is 0.422. The molecule has 0 unspecified atom stereocenters. The molecule has 0 atom stereocenters. The topological polar surface area (TPSA) is 102 Å². The Hall–Kier alpha value is -4.63. The highest BCUT2D eigenvalue weighted by Crippen LogP contribution is 2.32. The Morgan fingerprint density at radius 2 is 1.36 bits per heavy atom. The van der Waals surface area contributed by atoms with Gasteiger partial charge in [0.05, 0.1) is 24.8 Å². The number of ether oxygens (including phenoxy) is 2. The fourth-order valence-corrected chi connectivity index (χ4v) is 5.54. The number of nitrogens with zero attached hydrogens (tertiary/aromatic N) is 1. The van der Waals surface area contributed by atoms with Gasteiger partial charge in [-0.25, -0.2) is 8.42 Å². The fraction of sp³-hybridized carbons (Fsp3) is 0.212. The molecule has 0 aromatic heterocycles. The van der Waals surface area contributed by atoms with Crippen molar-refractivity contribution < 1.29 is 27.5 Å². The molecule has 0 saturated heterocycles.